The number of ether oxygens (including phenoxy) is 1. The molecule has 1 rings (SSSR count). The molecule has 0 saturated carbocycles. The fraction of sp³-hybridized carbons (Fsp3) is 0.364. The van der Waals surface area contributed by atoms with Crippen molar-refractivity contribution < 1.29 is 13.5 Å². The summed E-state index contributed by atoms with van der Waals surface area (Å²) in [5.41, 5.74) is 0.595. The Hall–Kier alpha value is -1.83. The molecule has 0 heterocycles. The maximum Gasteiger partial charge on any atom is 0.258 e. The van der Waals surface area contributed by atoms with Crippen molar-refractivity contribution in [1.29, 1.82) is 5.26 Å². The van der Waals surface area contributed by atoms with Crippen LogP contribution in [0.1, 0.15) is 6.92 Å². The average Bonchev–Trinajstić information content (AvgIpc) is 2.28. The first-order valence-electron chi connectivity index (χ1n) is 4.78. The van der Waals surface area contributed by atoms with Crippen molar-refractivity contribution in [1.82, 2.24) is 0 Å². The van der Waals surface area contributed by atoms with E-state index in [2.05, 4.69) is 5.32 Å². The molecule has 0 aliphatic heterocycles. The van der Waals surface area contributed by atoms with Crippen molar-refractivity contribution in [2.45, 2.75) is 19.4 Å². The van der Waals surface area contributed by atoms with Crippen molar-refractivity contribution in [2.24, 2.45) is 0 Å². The van der Waals surface area contributed by atoms with E-state index >= 15 is 0 Å². The minimum Gasteiger partial charge on any atom is -0.479 e. The summed E-state index contributed by atoms with van der Waals surface area (Å²) in [5, 5.41) is 10.9. The van der Waals surface area contributed by atoms with Gasteiger partial charge in [0.05, 0.1) is 6.04 Å². The SMILES string of the molecule is CC(Nc1ccc(OCC#N)cc1)C(F)F. The predicted octanol–water partition coefficient (Wildman–Crippen LogP) is 2.65. The second kappa shape index (κ2) is 5.91. The maximum atomic E-state index is 12.2. The van der Waals surface area contributed by atoms with Gasteiger partial charge in [0.25, 0.3) is 6.43 Å². The van der Waals surface area contributed by atoms with Crippen LogP contribution < -0.4 is 10.1 Å². The molecular weight excluding hydrogens is 214 g/mol. The predicted molar refractivity (Wildman–Crippen MR) is 56.6 cm³/mol. The van der Waals surface area contributed by atoms with E-state index in [9.17, 15) is 8.78 Å². The van der Waals surface area contributed by atoms with Gasteiger partial charge in [-0.15, -0.1) is 0 Å². The third-order valence-electron chi connectivity index (χ3n) is 1.93. The van der Waals surface area contributed by atoms with Gasteiger partial charge in [-0.25, -0.2) is 8.78 Å². The summed E-state index contributed by atoms with van der Waals surface area (Å²) in [6, 6.07) is 7.45. The van der Waals surface area contributed by atoms with Gasteiger partial charge in [-0.2, -0.15) is 5.26 Å². The molecular formula is C11H12F2N2O. The quantitative estimate of drug-likeness (QED) is 0.839. The molecule has 1 atom stereocenters. The Balaban J connectivity index is 2.55. The van der Waals surface area contributed by atoms with Crippen LogP contribution in [0.3, 0.4) is 0 Å². The molecule has 0 fully saturated rings. The molecule has 0 bridgehead atoms. The smallest absolute Gasteiger partial charge is 0.258 e. The summed E-state index contributed by atoms with van der Waals surface area (Å²) in [5.74, 6) is 0.539. The van der Waals surface area contributed by atoms with E-state index in [1.807, 2.05) is 6.07 Å². The molecule has 3 nitrogen and oxygen atoms in total. The molecule has 0 saturated heterocycles. The number of benzene rings is 1. The summed E-state index contributed by atoms with van der Waals surface area (Å²) in [4.78, 5) is 0. The first-order valence-corrected chi connectivity index (χ1v) is 4.78. The molecule has 0 spiro atoms. The van der Waals surface area contributed by atoms with Crippen LogP contribution in [0.25, 0.3) is 0 Å². The standard InChI is InChI=1S/C11H12F2N2O/c1-8(11(12)13)15-9-2-4-10(5-3-9)16-7-6-14/h2-5,8,11,15H,7H2,1H3. The summed E-state index contributed by atoms with van der Waals surface area (Å²) in [7, 11) is 0. The maximum absolute atomic E-state index is 12.2. The summed E-state index contributed by atoms with van der Waals surface area (Å²) in [6.45, 7) is 1.38. The van der Waals surface area contributed by atoms with Gasteiger partial charge in [0.2, 0.25) is 0 Å². The molecule has 5 heteroatoms. The highest BCUT2D eigenvalue weighted by Gasteiger charge is 2.13. The minimum absolute atomic E-state index is 0.0276. The molecule has 0 aromatic heterocycles. The minimum atomic E-state index is -2.41. The van der Waals surface area contributed by atoms with Gasteiger partial charge < -0.3 is 10.1 Å². The van der Waals surface area contributed by atoms with E-state index in [4.69, 9.17) is 10.00 Å². The zero-order chi connectivity index (χ0) is 12.0. The molecule has 0 aliphatic carbocycles. The molecule has 16 heavy (non-hydrogen) atoms. The molecule has 1 unspecified atom stereocenters. The Bertz CT molecular complexity index is 359. The van der Waals surface area contributed by atoms with Crippen molar-refractivity contribution in [2.75, 3.05) is 11.9 Å². The second-order valence-electron chi connectivity index (χ2n) is 3.24. The Labute approximate surface area is 92.6 Å². The normalized spacial score (nSPS) is 11.9. The van der Waals surface area contributed by atoms with Gasteiger partial charge in [-0.1, -0.05) is 0 Å². The summed E-state index contributed by atoms with van der Waals surface area (Å²) in [6.07, 6.45) is -2.41. The highest BCUT2D eigenvalue weighted by atomic mass is 19.3. The fourth-order valence-electron chi connectivity index (χ4n) is 1.09. The average molecular weight is 226 g/mol. The largest absolute Gasteiger partial charge is 0.479 e. The van der Waals surface area contributed by atoms with E-state index in [0.29, 0.717) is 11.4 Å². The number of hydrogen-bond donors (Lipinski definition) is 1. The van der Waals surface area contributed by atoms with Crippen molar-refractivity contribution in [3.05, 3.63) is 24.3 Å². The van der Waals surface area contributed by atoms with Crippen LogP contribution in [0.4, 0.5) is 14.5 Å². The van der Waals surface area contributed by atoms with Crippen LogP contribution in [0.5, 0.6) is 5.75 Å². The lowest BCUT2D eigenvalue weighted by molar-refractivity contribution is 0.131. The van der Waals surface area contributed by atoms with Crippen molar-refractivity contribution in [3.63, 3.8) is 0 Å². The van der Waals surface area contributed by atoms with Crippen LogP contribution in [-0.2, 0) is 0 Å². The number of anilines is 1. The Morgan fingerprint density at radius 2 is 2.00 bits per heavy atom. The number of nitrogens with one attached hydrogen (secondary N) is 1. The van der Waals surface area contributed by atoms with Gasteiger partial charge in [-0.05, 0) is 31.2 Å². The van der Waals surface area contributed by atoms with Crippen molar-refractivity contribution in [3.8, 4) is 11.8 Å². The molecule has 1 N–H and O–H groups in total. The van der Waals surface area contributed by atoms with Crippen molar-refractivity contribution >= 4 is 5.69 Å². The molecule has 1 aromatic carbocycles. The molecule has 86 valence electrons. The van der Waals surface area contributed by atoms with E-state index < -0.39 is 12.5 Å². The summed E-state index contributed by atoms with van der Waals surface area (Å²) < 4.78 is 29.5. The lowest BCUT2D eigenvalue weighted by Crippen LogP contribution is -2.23. The fourth-order valence-corrected chi connectivity index (χ4v) is 1.09. The first kappa shape index (κ1) is 12.2. The zero-order valence-electron chi connectivity index (χ0n) is 8.78. The van der Waals surface area contributed by atoms with Gasteiger partial charge in [0.1, 0.15) is 11.8 Å². The number of hydrogen-bond acceptors (Lipinski definition) is 3. The third kappa shape index (κ3) is 3.73. The Kier molecular flexibility index (Phi) is 4.52. The monoisotopic (exact) mass is 226 g/mol. The Morgan fingerprint density at radius 1 is 1.38 bits per heavy atom. The molecule has 1 aromatic rings. The third-order valence-corrected chi connectivity index (χ3v) is 1.93. The molecule has 0 amide bonds. The number of halogens is 2. The Morgan fingerprint density at radius 3 is 2.50 bits per heavy atom. The number of nitriles is 1. The van der Waals surface area contributed by atoms with E-state index in [-0.39, 0.29) is 6.61 Å². The zero-order valence-corrected chi connectivity index (χ0v) is 8.78. The van der Waals surface area contributed by atoms with E-state index in [1.165, 1.54) is 6.92 Å². The first-order chi connectivity index (χ1) is 7.63. The lowest BCUT2D eigenvalue weighted by atomic mass is 10.2. The number of rotatable bonds is 5. The highest BCUT2D eigenvalue weighted by Crippen LogP contribution is 2.17. The van der Waals surface area contributed by atoms with Crippen LogP contribution in [0.2, 0.25) is 0 Å². The van der Waals surface area contributed by atoms with Gasteiger partial charge in [0, 0.05) is 5.69 Å². The van der Waals surface area contributed by atoms with Crippen LogP contribution >= 0.6 is 0 Å². The van der Waals surface area contributed by atoms with E-state index in [1.54, 1.807) is 24.3 Å². The number of nitrogens with zero attached hydrogens (tertiary/aromatic N) is 1. The van der Waals surface area contributed by atoms with Gasteiger partial charge >= 0.3 is 0 Å². The van der Waals surface area contributed by atoms with Crippen LogP contribution in [-0.4, -0.2) is 19.1 Å². The van der Waals surface area contributed by atoms with Gasteiger partial charge in [0.15, 0.2) is 6.61 Å². The lowest BCUT2D eigenvalue weighted by Gasteiger charge is -2.14. The highest BCUT2D eigenvalue weighted by molar-refractivity contribution is 5.47. The van der Waals surface area contributed by atoms with E-state index in [0.717, 1.165) is 0 Å². The van der Waals surface area contributed by atoms with Crippen LogP contribution in [0.15, 0.2) is 24.3 Å². The number of alkyl halides is 2. The molecule has 0 aliphatic rings. The second-order valence-corrected chi connectivity index (χ2v) is 3.24. The van der Waals surface area contributed by atoms with Crippen LogP contribution in [0, 0.1) is 11.3 Å². The van der Waals surface area contributed by atoms with Gasteiger partial charge in [-0.3, -0.25) is 0 Å². The molecule has 0 radical (unpaired) electrons. The summed E-state index contributed by atoms with van der Waals surface area (Å²) >= 11 is 0. The topological polar surface area (TPSA) is 45.0 Å².